The largest absolute Gasteiger partial charge is 0.508 e. The highest BCUT2D eigenvalue weighted by Crippen LogP contribution is 2.40. The zero-order chi connectivity index (χ0) is 38.0. The van der Waals surface area contributed by atoms with Crippen LogP contribution < -0.4 is 0 Å². The van der Waals surface area contributed by atoms with Gasteiger partial charge in [0.25, 0.3) is 0 Å². The summed E-state index contributed by atoms with van der Waals surface area (Å²) in [6.45, 7) is -1.29. The summed E-state index contributed by atoms with van der Waals surface area (Å²) in [5.74, 6) is -1.50. The highest BCUT2D eigenvalue weighted by molar-refractivity contribution is 5.87. The molecule has 2 aromatic rings. The van der Waals surface area contributed by atoms with E-state index in [1.54, 1.807) is 12.1 Å². The van der Waals surface area contributed by atoms with Crippen LogP contribution in [0.1, 0.15) is 11.1 Å². The molecule has 17 heteroatoms. The van der Waals surface area contributed by atoms with Gasteiger partial charge in [-0.2, -0.15) is 0 Å². The topological polar surface area (TPSA) is 275 Å². The molecule has 53 heavy (non-hydrogen) atoms. The van der Waals surface area contributed by atoms with Crippen LogP contribution in [0.2, 0.25) is 0 Å². The molecule has 3 heterocycles. The number of rotatable bonds is 10. The Balaban J connectivity index is 1.25. The van der Waals surface area contributed by atoms with E-state index in [4.69, 9.17) is 28.4 Å². The Labute approximate surface area is 301 Å². The Hall–Kier alpha value is -4.95. The molecule has 0 radical (unpaired) electrons. The molecule has 17 nitrogen and oxygen atoms in total. The monoisotopic (exact) mass is 742 g/mol. The highest BCUT2D eigenvalue weighted by atomic mass is 16.7. The number of ether oxygens (including phenoxy) is 6. The maximum atomic E-state index is 12.4. The number of hydrogen-bond acceptors (Lipinski definition) is 17. The number of aliphatic hydroxyl groups excluding tert-OH is 8. The number of aromatic hydroxyl groups is 2. The van der Waals surface area contributed by atoms with Crippen molar-refractivity contribution in [3.8, 4) is 11.5 Å². The van der Waals surface area contributed by atoms with Crippen LogP contribution in [0.5, 0.6) is 11.5 Å². The van der Waals surface area contributed by atoms with E-state index in [0.717, 1.165) is 12.2 Å². The minimum atomic E-state index is -1.85. The van der Waals surface area contributed by atoms with E-state index in [1.165, 1.54) is 54.6 Å². The summed E-state index contributed by atoms with van der Waals surface area (Å²) in [6, 6.07) is 11.7. The fourth-order valence-corrected chi connectivity index (χ4v) is 5.83. The average Bonchev–Trinajstić information content (AvgIpc) is 3.14. The average molecular weight is 743 g/mol. The van der Waals surface area contributed by atoms with Crippen LogP contribution in [0.15, 0.2) is 95.7 Å². The third-order valence-electron chi connectivity index (χ3n) is 8.77. The van der Waals surface area contributed by atoms with Gasteiger partial charge in [0, 0.05) is 29.4 Å². The van der Waals surface area contributed by atoms with Gasteiger partial charge < -0.3 is 79.5 Å². The predicted octanol–water partition coefficient (Wildman–Crippen LogP) is -0.672. The zero-order valence-corrected chi connectivity index (χ0v) is 27.6. The van der Waals surface area contributed by atoms with Gasteiger partial charge >= 0.3 is 5.97 Å². The lowest BCUT2D eigenvalue weighted by Crippen LogP contribution is -2.59. The van der Waals surface area contributed by atoms with Gasteiger partial charge in [-0.25, -0.2) is 4.79 Å². The Bertz CT molecular complexity index is 1780. The number of esters is 1. The second-order valence-electron chi connectivity index (χ2n) is 12.5. The molecule has 10 N–H and O–H groups in total. The van der Waals surface area contributed by atoms with E-state index in [0.29, 0.717) is 11.1 Å². The SMILES string of the molecule is O=C(C=Cc1ccc(O)cc1)OC[C@H]1O[C@@H](OC2=C(c3ccc(O)cc3)O[C@H]3C=C(O)C=C(O[C@@H]4O[C@H](CO)[C@@H](O)[C@H](O)[C@H]4O)C3=C2)[C@H](O)[C@@H](O)[C@@H]1O. The Morgan fingerprint density at radius 1 is 0.717 bits per heavy atom. The van der Waals surface area contributed by atoms with E-state index < -0.39 is 86.7 Å². The lowest BCUT2D eigenvalue weighted by Gasteiger charge is -2.41. The minimum absolute atomic E-state index is 0.00403. The van der Waals surface area contributed by atoms with Crippen molar-refractivity contribution in [3.63, 3.8) is 0 Å². The molecule has 0 aromatic heterocycles. The van der Waals surface area contributed by atoms with E-state index in [2.05, 4.69) is 0 Å². The lowest BCUT2D eigenvalue weighted by atomic mass is 9.96. The van der Waals surface area contributed by atoms with Crippen molar-refractivity contribution in [3.05, 3.63) is 107 Å². The van der Waals surface area contributed by atoms with Crippen LogP contribution >= 0.6 is 0 Å². The fourth-order valence-electron chi connectivity index (χ4n) is 5.83. The molecule has 2 fully saturated rings. The van der Waals surface area contributed by atoms with Crippen LogP contribution in [0.3, 0.4) is 0 Å². The summed E-state index contributed by atoms with van der Waals surface area (Å²) in [4.78, 5) is 12.4. The number of carbonyl (C=O) groups excluding carboxylic acids is 1. The van der Waals surface area contributed by atoms with Gasteiger partial charge in [0.15, 0.2) is 11.5 Å². The van der Waals surface area contributed by atoms with E-state index >= 15 is 0 Å². The van der Waals surface area contributed by atoms with Gasteiger partial charge in [0.05, 0.1) is 6.61 Å². The van der Waals surface area contributed by atoms with Crippen molar-refractivity contribution in [2.75, 3.05) is 13.2 Å². The number of phenols is 2. The summed E-state index contributed by atoms with van der Waals surface area (Å²) >= 11 is 0. The molecule has 0 spiro atoms. The fraction of sp³-hybridized carbons (Fsp3) is 0.361. The van der Waals surface area contributed by atoms with Crippen LogP contribution in [-0.4, -0.2) is 138 Å². The van der Waals surface area contributed by atoms with Gasteiger partial charge in [0.2, 0.25) is 12.6 Å². The van der Waals surface area contributed by atoms with E-state index in [1.807, 2.05) is 0 Å². The number of allylic oxidation sites excluding steroid dienone is 2. The van der Waals surface area contributed by atoms with Gasteiger partial charge in [-0.3, -0.25) is 0 Å². The number of carbonyl (C=O) groups is 1. The first-order valence-electron chi connectivity index (χ1n) is 16.3. The Morgan fingerprint density at radius 3 is 1.94 bits per heavy atom. The third-order valence-corrected chi connectivity index (χ3v) is 8.77. The number of hydrogen-bond donors (Lipinski definition) is 10. The van der Waals surface area contributed by atoms with Crippen LogP contribution in [0.4, 0.5) is 0 Å². The van der Waals surface area contributed by atoms with Crippen molar-refractivity contribution in [1.29, 1.82) is 0 Å². The third kappa shape index (κ3) is 8.33. The molecular formula is C36H38O17. The lowest BCUT2D eigenvalue weighted by molar-refractivity contribution is -0.292. The summed E-state index contributed by atoms with van der Waals surface area (Å²) < 4.78 is 34.5. The van der Waals surface area contributed by atoms with Gasteiger partial charge in [-0.1, -0.05) is 12.1 Å². The molecule has 0 amide bonds. The van der Waals surface area contributed by atoms with E-state index in [-0.39, 0.29) is 40.1 Å². The zero-order valence-electron chi connectivity index (χ0n) is 27.6. The Kier molecular flexibility index (Phi) is 11.4. The minimum Gasteiger partial charge on any atom is -0.508 e. The summed E-state index contributed by atoms with van der Waals surface area (Å²) in [6.07, 6.45) is -11.4. The molecule has 0 unspecified atom stereocenters. The molecule has 2 aromatic carbocycles. The molecule has 0 bridgehead atoms. The summed E-state index contributed by atoms with van der Waals surface area (Å²) in [5, 5.41) is 103. The highest BCUT2D eigenvalue weighted by Gasteiger charge is 2.48. The van der Waals surface area contributed by atoms with Crippen molar-refractivity contribution >= 4 is 17.8 Å². The molecule has 0 saturated carbocycles. The molecule has 3 aliphatic heterocycles. The van der Waals surface area contributed by atoms with Crippen LogP contribution in [-0.2, 0) is 33.2 Å². The first-order valence-corrected chi connectivity index (χ1v) is 16.3. The second kappa shape index (κ2) is 16.0. The van der Waals surface area contributed by atoms with Crippen molar-refractivity contribution in [2.45, 2.75) is 67.5 Å². The van der Waals surface area contributed by atoms with Crippen molar-refractivity contribution in [1.82, 2.24) is 0 Å². The molecule has 6 rings (SSSR count). The Morgan fingerprint density at radius 2 is 1.30 bits per heavy atom. The van der Waals surface area contributed by atoms with Gasteiger partial charge in [0.1, 0.15) is 84.6 Å². The first-order chi connectivity index (χ1) is 25.3. The summed E-state index contributed by atoms with van der Waals surface area (Å²) in [5.41, 5.74) is 1.07. The quantitative estimate of drug-likeness (QED) is 0.107. The van der Waals surface area contributed by atoms with Crippen molar-refractivity contribution < 1.29 is 84.3 Å². The summed E-state index contributed by atoms with van der Waals surface area (Å²) in [7, 11) is 0. The maximum Gasteiger partial charge on any atom is 0.330 e. The van der Waals surface area contributed by atoms with Crippen LogP contribution in [0.25, 0.3) is 11.8 Å². The first kappa shape index (κ1) is 37.8. The normalized spacial score (nSPS) is 32.9. The number of benzene rings is 2. The molecule has 284 valence electrons. The molecular weight excluding hydrogens is 704 g/mol. The second-order valence-corrected chi connectivity index (χ2v) is 12.5. The maximum absolute atomic E-state index is 12.4. The van der Waals surface area contributed by atoms with Crippen LogP contribution in [0, 0.1) is 0 Å². The smallest absolute Gasteiger partial charge is 0.330 e. The van der Waals surface area contributed by atoms with Gasteiger partial charge in [-0.05, 0) is 54.1 Å². The standard InChI is InChI=1S/C36H38O17/c37-14-25-28(42)30(44)32(46)35(52-25)50-23-12-20(40)11-22-21(23)13-24(34(49-22)17-4-8-19(39)9-5-17)51-36-33(47)31(45)29(43)26(53-36)15-48-27(41)10-3-16-1-6-18(38)7-2-16/h1-13,22,25-26,28-33,35-40,42-47H,14-15H2/t22-,25+,26+,28+,29+,30-,31-,32+,33+,35+,36+/m0/s1. The number of fused-ring (bicyclic) bond motifs is 1. The molecule has 1 aliphatic carbocycles. The molecule has 4 aliphatic rings. The number of phenolic OH excluding ortho intramolecular Hbond substituents is 2. The number of aliphatic hydroxyl groups is 8. The van der Waals surface area contributed by atoms with Gasteiger partial charge in [-0.15, -0.1) is 0 Å². The molecule has 11 atom stereocenters. The molecule has 2 saturated heterocycles. The van der Waals surface area contributed by atoms with E-state index in [9.17, 15) is 55.9 Å². The predicted molar refractivity (Wildman–Crippen MR) is 177 cm³/mol. The van der Waals surface area contributed by atoms with Crippen molar-refractivity contribution in [2.24, 2.45) is 0 Å².